The topological polar surface area (TPSA) is 37.8 Å². The van der Waals surface area contributed by atoms with Gasteiger partial charge in [-0.15, -0.1) is 0 Å². The minimum absolute atomic E-state index is 0.827. The van der Waals surface area contributed by atoms with Crippen molar-refractivity contribution >= 4 is 11.8 Å². The van der Waals surface area contributed by atoms with Crippen LogP contribution in [0.3, 0.4) is 0 Å². The third-order valence-electron chi connectivity index (χ3n) is 3.12. The van der Waals surface area contributed by atoms with E-state index in [4.69, 9.17) is 0 Å². The molecule has 0 amide bonds. The van der Waals surface area contributed by atoms with Crippen molar-refractivity contribution in [2.45, 2.75) is 50.7 Å². The number of hydrogen-bond acceptors (Lipinski definition) is 4. The Bertz CT molecular complexity index is 591. The second-order valence-electron chi connectivity index (χ2n) is 5.32. The monoisotopic (exact) mass is 301 g/mol. The Morgan fingerprint density at radius 3 is 2.43 bits per heavy atom. The lowest BCUT2D eigenvalue weighted by Crippen LogP contribution is -2.14. The number of benzene rings is 1. The standard InChI is InChI=1S/C17H23N3S/c1-5-8-18-11-15-9-12(2)6-7-16(15)21-17-19-13(3)10-14(4)20-17/h6-7,9-10,18H,5,8,11H2,1-4H3. The van der Waals surface area contributed by atoms with Gasteiger partial charge in [-0.2, -0.15) is 0 Å². The number of nitrogens with zero attached hydrogens (tertiary/aromatic N) is 2. The molecule has 1 N–H and O–H groups in total. The highest BCUT2D eigenvalue weighted by Crippen LogP contribution is 2.29. The van der Waals surface area contributed by atoms with Crippen LogP contribution in [0.5, 0.6) is 0 Å². The van der Waals surface area contributed by atoms with Gasteiger partial charge in [0.05, 0.1) is 0 Å². The fourth-order valence-corrected chi connectivity index (χ4v) is 3.16. The fraction of sp³-hybridized carbons (Fsp3) is 0.412. The molecule has 1 aromatic carbocycles. The smallest absolute Gasteiger partial charge is 0.192 e. The molecule has 0 aliphatic rings. The molecule has 0 aliphatic carbocycles. The van der Waals surface area contributed by atoms with Crippen LogP contribution < -0.4 is 5.32 Å². The van der Waals surface area contributed by atoms with Crippen molar-refractivity contribution in [2.24, 2.45) is 0 Å². The minimum atomic E-state index is 0.827. The van der Waals surface area contributed by atoms with Gasteiger partial charge in [0.1, 0.15) is 0 Å². The van der Waals surface area contributed by atoms with Gasteiger partial charge >= 0.3 is 0 Å². The fourth-order valence-electron chi connectivity index (χ4n) is 2.18. The Labute approximate surface area is 131 Å². The van der Waals surface area contributed by atoms with E-state index in [0.29, 0.717) is 0 Å². The van der Waals surface area contributed by atoms with Gasteiger partial charge in [0.2, 0.25) is 0 Å². The highest BCUT2D eigenvalue weighted by atomic mass is 32.2. The average Bonchev–Trinajstić information content (AvgIpc) is 2.41. The lowest BCUT2D eigenvalue weighted by atomic mass is 10.1. The third kappa shape index (κ3) is 4.83. The van der Waals surface area contributed by atoms with Crippen molar-refractivity contribution in [1.82, 2.24) is 15.3 Å². The van der Waals surface area contributed by atoms with E-state index in [1.807, 2.05) is 19.9 Å². The molecule has 1 aromatic heterocycles. The van der Waals surface area contributed by atoms with Crippen LogP contribution in [-0.4, -0.2) is 16.5 Å². The molecule has 0 aliphatic heterocycles. The zero-order valence-corrected chi connectivity index (χ0v) is 14.0. The average molecular weight is 301 g/mol. The molecule has 0 bridgehead atoms. The normalized spacial score (nSPS) is 10.9. The van der Waals surface area contributed by atoms with E-state index in [-0.39, 0.29) is 0 Å². The van der Waals surface area contributed by atoms with Crippen LogP contribution in [0.25, 0.3) is 0 Å². The van der Waals surface area contributed by atoms with E-state index in [2.05, 4.69) is 47.3 Å². The van der Waals surface area contributed by atoms with Gasteiger partial charge in [-0.25, -0.2) is 9.97 Å². The molecule has 0 unspecified atom stereocenters. The van der Waals surface area contributed by atoms with Crippen LogP contribution in [0.15, 0.2) is 34.3 Å². The zero-order valence-electron chi connectivity index (χ0n) is 13.2. The molecular weight excluding hydrogens is 278 g/mol. The Balaban J connectivity index is 2.21. The Morgan fingerprint density at radius 1 is 1.05 bits per heavy atom. The molecule has 2 rings (SSSR count). The van der Waals surface area contributed by atoms with Gasteiger partial charge in [0.25, 0.3) is 0 Å². The second-order valence-corrected chi connectivity index (χ2v) is 6.33. The van der Waals surface area contributed by atoms with E-state index in [0.717, 1.165) is 36.1 Å². The number of rotatable bonds is 6. The van der Waals surface area contributed by atoms with Crippen LogP contribution >= 0.6 is 11.8 Å². The SMILES string of the molecule is CCCNCc1cc(C)ccc1Sc1nc(C)cc(C)n1. The maximum absolute atomic E-state index is 4.52. The number of aromatic nitrogens is 2. The number of aryl methyl sites for hydroxylation is 3. The summed E-state index contributed by atoms with van der Waals surface area (Å²) in [5.74, 6) is 0. The summed E-state index contributed by atoms with van der Waals surface area (Å²) in [4.78, 5) is 10.3. The summed E-state index contributed by atoms with van der Waals surface area (Å²) in [5, 5.41) is 4.30. The highest BCUT2D eigenvalue weighted by Gasteiger charge is 2.08. The third-order valence-corrected chi connectivity index (χ3v) is 4.10. The van der Waals surface area contributed by atoms with E-state index < -0.39 is 0 Å². The summed E-state index contributed by atoms with van der Waals surface area (Å²) in [5.41, 5.74) is 4.63. The maximum Gasteiger partial charge on any atom is 0.192 e. The maximum atomic E-state index is 4.52. The lowest BCUT2D eigenvalue weighted by molar-refractivity contribution is 0.669. The highest BCUT2D eigenvalue weighted by molar-refractivity contribution is 7.99. The first-order chi connectivity index (χ1) is 10.1. The number of nitrogens with one attached hydrogen (secondary N) is 1. The Hall–Kier alpha value is -1.39. The van der Waals surface area contributed by atoms with Gasteiger partial charge in [0, 0.05) is 22.8 Å². The minimum Gasteiger partial charge on any atom is -0.313 e. The summed E-state index contributed by atoms with van der Waals surface area (Å²) < 4.78 is 0. The van der Waals surface area contributed by atoms with Crippen molar-refractivity contribution in [3.63, 3.8) is 0 Å². The largest absolute Gasteiger partial charge is 0.313 e. The molecule has 0 saturated heterocycles. The first-order valence-corrected chi connectivity index (χ1v) is 8.20. The van der Waals surface area contributed by atoms with Crippen LogP contribution in [-0.2, 0) is 6.54 Å². The van der Waals surface area contributed by atoms with Crippen molar-refractivity contribution < 1.29 is 0 Å². The van der Waals surface area contributed by atoms with Gasteiger partial charge < -0.3 is 5.32 Å². The molecule has 112 valence electrons. The summed E-state index contributed by atoms with van der Waals surface area (Å²) in [6.45, 7) is 10.3. The van der Waals surface area contributed by atoms with Crippen LogP contribution in [0.4, 0.5) is 0 Å². The molecule has 2 aromatic rings. The summed E-state index contributed by atoms with van der Waals surface area (Å²) in [7, 11) is 0. The molecule has 0 radical (unpaired) electrons. The van der Waals surface area contributed by atoms with Crippen LogP contribution in [0.1, 0.15) is 35.9 Å². The van der Waals surface area contributed by atoms with E-state index >= 15 is 0 Å². The molecule has 0 spiro atoms. The van der Waals surface area contributed by atoms with E-state index in [1.165, 1.54) is 16.0 Å². The molecule has 3 nitrogen and oxygen atoms in total. The molecule has 4 heteroatoms. The first-order valence-electron chi connectivity index (χ1n) is 7.39. The molecule has 1 heterocycles. The summed E-state index contributed by atoms with van der Waals surface area (Å²) in [6, 6.07) is 8.56. The summed E-state index contributed by atoms with van der Waals surface area (Å²) in [6.07, 6.45) is 1.15. The molecule has 21 heavy (non-hydrogen) atoms. The second kappa shape index (κ2) is 7.57. The molecular formula is C17H23N3S. The molecule has 0 fully saturated rings. The van der Waals surface area contributed by atoms with Crippen molar-refractivity contribution in [3.8, 4) is 0 Å². The molecule has 0 saturated carbocycles. The van der Waals surface area contributed by atoms with Crippen LogP contribution in [0, 0.1) is 20.8 Å². The van der Waals surface area contributed by atoms with Crippen molar-refractivity contribution in [2.75, 3.05) is 6.54 Å². The lowest BCUT2D eigenvalue weighted by Gasteiger charge is -2.11. The predicted molar refractivity (Wildman–Crippen MR) is 88.8 cm³/mol. The quantitative estimate of drug-likeness (QED) is 0.645. The predicted octanol–water partition coefficient (Wildman–Crippen LogP) is 4.05. The van der Waals surface area contributed by atoms with Crippen molar-refractivity contribution in [3.05, 3.63) is 46.8 Å². The van der Waals surface area contributed by atoms with Crippen molar-refractivity contribution in [1.29, 1.82) is 0 Å². The van der Waals surface area contributed by atoms with E-state index in [9.17, 15) is 0 Å². The molecule has 0 atom stereocenters. The van der Waals surface area contributed by atoms with Gasteiger partial charge in [-0.05, 0) is 63.2 Å². The summed E-state index contributed by atoms with van der Waals surface area (Å²) >= 11 is 1.65. The van der Waals surface area contributed by atoms with Gasteiger partial charge in [0.15, 0.2) is 5.16 Å². The zero-order chi connectivity index (χ0) is 15.2. The number of hydrogen-bond donors (Lipinski definition) is 1. The first kappa shape index (κ1) is 16.0. The van der Waals surface area contributed by atoms with E-state index in [1.54, 1.807) is 11.8 Å². The van der Waals surface area contributed by atoms with Crippen LogP contribution in [0.2, 0.25) is 0 Å². The Kier molecular flexibility index (Phi) is 5.76. The Morgan fingerprint density at radius 2 is 1.76 bits per heavy atom. The van der Waals surface area contributed by atoms with Gasteiger partial charge in [-0.1, -0.05) is 24.6 Å². The van der Waals surface area contributed by atoms with Gasteiger partial charge in [-0.3, -0.25) is 0 Å².